The van der Waals surface area contributed by atoms with Crippen molar-refractivity contribution in [3.8, 4) is 0 Å². The Morgan fingerprint density at radius 1 is 1.42 bits per heavy atom. The highest BCUT2D eigenvalue weighted by atomic mass is 16.5. The van der Waals surface area contributed by atoms with Crippen LogP contribution in [0.25, 0.3) is 0 Å². The van der Waals surface area contributed by atoms with E-state index in [2.05, 4.69) is 6.58 Å². The highest BCUT2D eigenvalue weighted by Gasteiger charge is 2.36. The molecule has 0 aliphatic carbocycles. The van der Waals surface area contributed by atoms with E-state index in [-0.39, 0.29) is 25.7 Å². The van der Waals surface area contributed by atoms with Gasteiger partial charge in [0.1, 0.15) is 0 Å². The zero-order valence-electron chi connectivity index (χ0n) is 7.23. The zero-order valence-corrected chi connectivity index (χ0v) is 7.23. The van der Waals surface area contributed by atoms with Gasteiger partial charge >= 0.3 is 0 Å². The molecule has 0 spiro atoms. The first-order valence-corrected chi connectivity index (χ1v) is 3.78. The van der Waals surface area contributed by atoms with Crippen LogP contribution in [0.3, 0.4) is 0 Å². The minimum atomic E-state index is -1.11. The van der Waals surface area contributed by atoms with Gasteiger partial charge in [-0.2, -0.15) is 0 Å². The normalized spacial score (nSPS) is 14.0. The summed E-state index contributed by atoms with van der Waals surface area (Å²) < 4.78 is 4.98. The van der Waals surface area contributed by atoms with E-state index in [0.29, 0.717) is 0 Å². The lowest BCUT2D eigenvalue weighted by Gasteiger charge is -2.33. The summed E-state index contributed by atoms with van der Waals surface area (Å²) in [5.74, 6) is -0.342. The van der Waals surface area contributed by atoms with E-state index < -0.39 is 5.60 Å². The number of hydrogen-bond donors (Lipinski definition) is 3. The van der Waals surface area contributed by atoms with Crippen LogP contribution in [0.2, 0.25) is 0 Å². The van der Waals surface area contributed by atoms with Gasteiger partial charge in [-0.15, -0.1) is 0 Å². The molecule has 0 rings (SSSR count). The molecule has 0 aromatic heterocycles. The van der Waals surface area contributed by atoms with Crippen molar-refractivity contribution in [2.75, 3.05) is 19.8 Å². The molecule has 0 saturated heterocycles. The monoisotopic (exact) mass is 176 g/mol. The summed E-state index contributed by atoms with van der Waals surface area (Å²) in [5, 5.41) is 26.8. The predicted molar refractivity (Wildman–Crippen MR) is 44.4 cm³/mol. The third-order valence-corrected chi connectivity index (χ3v) is 2.03. The predicted octanol–water partition coefficient (Wildman–Crippen LogP) is -0.502. The van der Waals surface area contributed by atoms with Gasteiger partial charge in [0.2, 0.25) is 0 Å². The molecule has 72 valence electrons. The molecule has 0 aromatic rings. The third-order valence-electron chi connectivity index (χ3n) is 2.03. The summed E-state index contributed by atoms with van der Waals surface area (Å²) in [6.45, 7) is 4.15. The minimum absolute atomic E-state index is 0.158. The molecule has 0 bridgehead atoms. The fraction of sp³-hybridized carbons (Fsp3) is 0.750. The first-order valence-electron chi connectivity index (χ1n) is 3.78. The van der Waals surface area contributed by atoms with Crippen LogP contribution in [0.15, 0.2) is 12.8 Å². The maximum Gasteiger partial charge on any atom is 0.158 e. The summed E-state index contributed by atoms with van der Waals surface area (Å²) in [4.78, 5) is 0. The molecule has 0 amide bonds. The number of hydrogen-bond acceptors (Lipinski definition) is 4. The van der Waals surface area contributed by atoms with Crippen molar-refractivity contribution in [3.63, 3.8) is 0 Å². The van der Waals surface area contributed by atoms with E-state index in [4.69, 9.17) is 20.1 Å². The van der Waals surface area contributed by atoms with E-state index in [1.165, 1.54) is 0 Å². The average Bonchev–Trinajstić information content (AvgIpc) is 2.13. The van der Waals surface area contributed by atoms with Crippen molar-refractivity contribution in [3.05, 3.63) is 12.8 Å². The second-order valence-corrected chi connectivity index (χ2v) is 2.75. The van der Waals surface area contributed by atoms with Crippen LogP contribution in [-0.2, 0) is 4.74 Å². The van der Waals surface area contributed by atoms with E-state index in [0.717, 1.165) is 6.26 Å². The van der Waals surface area contributed by atoms with Gasteiger partial charge in [0, 0.05) is 12.5 Å². The third kappa shape index (κ3) is 2.20. The number of aliphatic hydroxyl groups is 3. The van der Waals surface area contributed by atoms with Crippen molar-refractivity contribution in [2.24, 2.45) is 5.92 Å². The standard InChI is InChI=1S/C8H16O4/c1-3-12-8(5-10,6-11)7(2)4-9/h3,7,9-11H,1,4-6H2,2H3. The Labute approximate surface area is 72.1 Å². The molecule has 0 aliphatic heterocycles. The summed E-state index contributed by atoms with van der Waals surface area (Å²) in [7, 11) is 0. The first-order chi connectivity index (χ1) is 5.66. The molecule has 1 unspecified atom stereocenters. The zero-order chi connectivity index (χ0) is 9.61. The Morgan fingerprint density at radius 3 is 2.17 bits per heavy atom. The molecule has 1 atom stereocenters. The molecule has 12 heavy (non-hydrogen) atoms. The van der Waals surface area contributed by atoms with Crippen LogP contribution in [0.4, 0.5) is 0 Å². The van der Waals surface area contributed by atoms with Gasteiger partial charge in [-0.3, -0.25) is 0 Å². The molecular formula is C8H16O4. The lowest BCUT2D eigenvalue weighted by Crippen LogP contribution is -2.47. The lowest BCUT2D eigenvalue weighted by atomic mass is 9.91. The fourth-order valence-electron chi connectivity index (χ4n) is 0.885. The molecule has 3 N–H and O–H groups in total. The van der Waals surface area contributed by atoms with Crippen LogP contribution in [-0.4, -0.2) is 40.7 Å². The Kier molecular flexibility index (Phi) is 4.89. The number of aliphatic hydroxyl groups excluding tert-OH is 3. The highest BCUT2D eigenvalue weighted by Crippen LogP contribution is 2.21. The van der Waals surface area contributed by atoms with Crippen molar-refractivity contribution < 1.29 is 20.1 Å². The van der Waals surface area contributed by atoms with E-state index in [9.17, 15) is 0 Å². The Hall–Kier alpha value is -0.580. The van der Waals surface area contributed by atoms with Crippen molar-refractivity contribution in [1.82, 2.24) is 0 Å². The van der Waals surface area contributed by atoms with Crippen molar-refractivity contribution in [1.29, 1.82) is 0 Å². The summed E-state index contributed by atoms with van der Waals surface area (Å²) in [6.07, 6.45) is 1.15. The van der Waals surface area contributed by atoms with Crippen LogP contribution in [0.1, 0.15) is 6.92 Å². The Bertz CT molecular complexity index is 131. The lowest BCUT2D eigenvalue weighted by molar-refractivity contribution is -0.109. The van der Waals surface area contributed by atoms with Gasteiger partial charge in [0.15, 0.2) is 5.60 Å². The number of ether oxygens (including phenoxy) is 1. The van der Waals surface area contributed by atoms with Gasteiger partial charge in [0.05, 0.1) is 19.5 Å². The molecule has 4 heteroatoms. The van der Waals surface area contributed by atoms with Gasteiger partial charge in [-0.05, 0) is 0 Å². The second-order valence-electron chi connectivity index (χ2n) is 2.75. The van der Waals surface area contributed by atoms with Crippen LogP contribution < -0.4 is 0 Å². The maximum atomic E-state index is 8.97. The molecule has 0 heterocycles. The minimum Gasteiger partial charge on any atom is -0.490 e. The summed E-state index contributed by atoms with van der Waals surface area (Å²) in [6, 6.07) is 0. The topological polar surface area (TPSA) is 69.9 Å². The van der Waals surface area contributed by atoms with Crippen molar-refractivity contribution >= 4 is 0 Å². The summed E-state index contributed by atoms with van der Waals surface area (Å²) in [5.41, 5.74) is -1.11. The van der Waals surface area contributed by atoms with Crippen LogP contribution in [0.5, 0.6) is 0 Å². The van der Waals surface area contributed by atoms with E-state index in [1.54, 1.807) is 6.92 Å². The fourth-order valence-corrected chi connectivity index (χ4v) is 0.885. The van der Waals surface area contributed by atoms with Crippen LogP contribution >= 0.6 is 0 Å². The van der Waals surface area contributed by atoms with Gasteiger partial charge in [-0.1, -0.05) is 13.5 Å². The van der Waals surface area contributed by atoms with Gasteiger partial charge in [0.25, 0.3) is 0 Å². The van der Waals surface area contributed by atoms with E-state index >= 15 is 0 Å². The molecule has 0 saturated carbocycles. The maximum absolute atomic E-state index is 8.97. The smallest absolute Gasteiger partial charge is 0.158 e. The SMILES string of the molecule is C=COC(CO)(CO)C(C)CO. The summed E-state index contributed by atoms with van der Waals surface area (Å²) >= 11 is 0. The quantitative estimate of drug-likeness (QED) is 0.477. The second kappa shape index (κ2) is 5.13. The Balaban J connectivity index is 4.43. The largest absolute Gasteiger partial charge is 0.490 e. The van der Waals surface area contributed by atoms with Gasteiger partial charge < -0.3 is 20.1 Å². The highest BCUT2D eigenvalue weighted by molar-refractivity contribution is 4.86. The Morgan fingerprint density at radius 2 is 1.92 bits per heavy atom. The molecule has 0 aromatic carbocycles. The van der Waals surface area contributed by atoms with Crippen LogP contribution in [0, 0.1) is 5.92 Å². The van der Waals surface area contributed by atoms with Gasteiger partial charge in [-0.25, -0.2) is 0 Å². The molecular weight excluding hydrogens is 160 g/mol. The number of rotatable bonds is 6. The van der Waals surface area contributed by atoms with E-state index in [1.807, 2.05) is 0 Å². The first kappa shape index (κ1) is 11.4. The van der Waals surface area contributed by atoms with Crippen molar-refractivity contribution in [2.45, 2.75) is 12.5 Å². The molecule has 0 fully saturated rings. The average molecular weight is 176 g/mol. The molecule has 4 nitrogen and oxygen atoms in total. The molecule has 0 radical (unpaired) electrons. The molecule has 0 aliphatic rings.